The van der Waals surface area contributed by atoms with Crippen molar-refractivity contribution in [1.82, 2.24) is 9.78 Å². The van der Waals surface area contributed by atoms with Crippen molar-refractivity contribution >= 4 is 11.6 Å². The Hall–Kier alpha value is -2.67. The Morgan fingerprint density at radius 3 is 2.61 bits per heavy atom. The van der Waals surface area contributed by atoms with Gasteiger partial charge in [0.2, 0.25) is 0 Å². The highest BCUT2D eigenvalue weighted by molar-refractivity contribution is 6.02. The predicted octanol–water partition coefficient (Wildman–Crippen LogP) is 1.54. The SMILES string of the molecule is CCOc1ccc(NC(=O)c2ccc(=O)n(CCOC)n2)cc1. The monoisotopic (exact) mass is 317 g/mol. The summed E-state index contributed by atoms with van der Waals surface area (Å²) < 4.78 is 11.5. The van der Waals surface area contributed by atoms with E-state index < -0.39 is 0 Å². The zero-order valence-corrected chi connectivity index (χ0v) is 13.1. The van der Waals surface area contributed by atoms with E-state index in [1.807, 2.05) is 6.92 Å². The van der Waals surface area contributed by atoms with Gasteiger partial charge in [0.25, 0.3) is 11.5 Å². The molecule has 0 spiro atoms. The summed E-state index contributed by atoms with van der Waals surface area (Å²) in [5, 5.41) is 6.77. The van der Waals surface area contributed by atoms with Crippen molar-refractivity contribution in [3.63, 3.8) is 0 Å². The summed E-state index contributed by atoms with van der Waals surface area (Å²) in [4.78, 5) is 23.9. The molecule has 0 bridgehead atoms. The molecule has 0 atom stereocenters. The summed E-state index contributed by atoms with van der Waals surface area (Å²) in [5.74, 6) is 0.345. The lowest BCUT2D eigenvalue weighted by molar-refractivity contribution is 0.101. The number of anilines is 1. The molecule has 2 rings (SSSR count). The summed E-state index contributed by atoms with van der Waals surface area (Å²) in [6.07, 6.45) is 0. The Balaban J connectivity index is 2.09. The van der Waals surface area contributed by atoms with Gasteiger partial charge in [-0.2, -0.15) is 5.10 Å². The number of carbonyl (C=O) groups is 1. The Morgan fingerprint density at radius 1 is 1.22 bits per heavy atom. The molecule has 7 nitrogen and oxygen atoms in total. The Labute approximate surface area is 133 Å². The number of aromatic nitrogens is 2. The minimum absolute atomic E-state index is 0.162. The molecule has 1 aromatic heterocycles. The normalized spacial score (nSPS) is 10.3. The molecule has 1 N–H and O–H groups in total. The molecule has 0 saturated carbocycles. The van der Waals surface area contributed by atoms with Crippen molar-refractivity contribution in [1.29, 1.82) is 0 Å². The van der Waals surface area contributed by atoms with Crippen LogP contribution in [0.15, 0.2) is 41.2 Å². The summed E-state index contributed by atoms with van der Waals surface area (Å²) in [6.45, 7) is 3.12. The van der Waals surface area contributed by atoms with Crippen LogP contribution in [-0.4, -0.2) is 36.0 Å². The fourth-order valence-electron chi connectivity index (χ4n) is 1.90. The number of hydrogen-bond acceptors (Lipinski definition) is 5. The van der Waals surface area contributed by atoms with E-state index in [-0.39, 0.29) is 17.2 Å². The highest BCUT2D eigenvalue weighted by Gasteiger charge is 2.10. The highest BCUT2D eigenvalue weighted by Crippen LogP contribution is 2.16. The first-order valence-corrected chi connectivity index (χ1v) is 7.25. The van der Waals surface area contributed by atoms with E-state index in [4.69, 9.17) is 9.47 Å². The van der Waals surface area contributed by atoms with E-state index in [2.05, 4.69) is 10.4 Å². The van der Waals surface area contributed by atoms with Crippen LogP contribution in [0.1, 0.15) is 17.4 Å². The molecule has 1 amide bonds. The molecule has 0 unspecified atom stereocenters. The van der Waals surface area contributed by atoms with E-state index >= 15 is 0 Å². The second-order valence-corrected chi connectivity index (χ2v) is 4.68. The number of amides is 1. The third-order valence-electron chi connectivity index (χ3n) is 3.03. The first kappa shape index (κ1) is 16.7. The number of hydrogen-bond donors (Lipinski definition) is 1. The van der Waals surface area contributed by atoms with Crippen molar-refractivity contribution in [3.05, 3.63) is 52.4 Å². The predicted molar refractivity (Wildman–Crippen MR) is 85.9 cm³/mol. The highest BCUT2D eigenvalue weighted by atomic mass is 16.5. The number of methoxy groups -OCH3 is 1. The van der Waals surface area contributed by atoms with Crippen molar-refractivity contribution in [2.24, 2.45) is 0 Å². The lowest BCUT2D eigenvalue weighted by atomic mass is 10.3. The van der Waals surface area contributed by atoms with Crippen LogP contribution in [0.5, 0.6) is 5.75 Å². The van der Waals surface area contributed by atoms with Gasteiger partial charge in [-0.25, -0.2) is 4.68 Å². The Kier molecular flexibility index (Phi) is 5.87. The van der Waals surface area contributed by atoms with E-state index in [0.717, 1.165) is 5.75 Å². The standard InChI is InChI=1S/C16H19N3O4/c1-3-23-13-6-4-12(5-7-13)17-16(21)14-8-9-15(20)19(18-14)10-11-22-2/h4-9H,3,10-11H2,1-2H3,(H,17,21). The first-order chi connectivity index (χ1) is 11.1. The molecule has 23 heavy (non-hydrogen) atoms. The Bertz CT molecular complexity index is 710. The van der Waals surface area contributed by atoms with Gasteiger partial charge >= 0.3 is 0 Å². The van der Waals surface area contributed by atoms with Crippen LogP contribution in [0.25, 0.3) is 0 Å². The molecule has 0 aliphatic rings. The third-order valence-corrected chi connectivity index (χ3v) is 3.03. The van der Waals surface area contributed by atoms with Gasteiger partial charge in [0.15, 0.2) is 0 Å². The quantitative estimate of drug-likeness (QED) is 0.837. The topological polar surface area (TPSA) is 82.5 Å². The van der Waals surface area contributed by atoms with Crippen LogP contribution >= 0.6 is 0 Å². The first-order valence-electron chi connectivity index (χ1n) is 7.25. The summed E-state index contributed by atoms with van der Waals surface area (Å²) in [7, 11) is 1.54. The van der Waals surface area contributed by atoms with Gasteiger partial charge in [-0.05, 0) is 37.3 Å². The van der Waals surface area contributed by atoms with Gasteiger partial charge in [0.1, 0.15) is 11.4 Å². The zero-order valence-electron chi connectivity index (χ0n) is 13.1. The summed E-state index contributed by atoms with van der Waals surface area (Å²) >= 11 is 0. The Morgan fingerprint density at radius 2 is 1.96 bits per heavy atom. The second-order valence-electron chi connectivity index (χ2n) is 4.68. The maximum atomic E-state index is 12.2. The molecule has 122 valence electrons. The molecule has 7 heteroatoms. The number of carbonyl (C=O) groups excluding carboxylic acids is 1. The van der Waals surface area contributed by atoms with Crippen LogP contribution in [0.4, 0.5) is 5.69 Å². The van der Waals surface area contributed by atoms with E-state index in [1.54, 1.807) is 24.3 Å². The minimum atomic E-state index is -0.389. The zero-order chi connectivity index (χ0) is 16.7. The molecule has 0 aliphatic carbocycles. The number of nitrogens with zero attached hydrogens (tertiary/aromatic N) is 2. The molecule has 0 radical (unpaired) electrons. The van der Waals surface area contributed by atoms with E-state index in [9.17, 15) is 9.59 Å². The third kappa shape index (κ3) is 4.65. The summed E-state index contributed by atoms with van der Waals surface area (Å²) in [5.41, 5.74) is 0.504. The average molecular weight is 317 g/mol. The fourth-order valence-corrected chi connectivity index (χ4v) is 1.90. The number of ether oxygens (including phenoxy) is 2. The van der Waals surface area contributed by atoms with Crippen molar-refractivity contribution in [2.75, 3.05) is 25.6 Å². The molecule has 1 aromatic carbocycles. The maximum absolute atomic E-state index is 12.2. The van der Waals surface area contributed by atoms with Crippen LogP contribution in [-0.2, 0) is 11.3 Å². The largest absolute Gasteiger partial charge is 0.494 e. The summed E-state index contributed by atoms with van der Waals surface area (Å²) in [6, 6.07) is 9.73. The molecule has 0 aliphatic heterocycles. The van der Waals surface area contributed by atoms with Crippen molar-refractivity contribution in [2.45, 2.75) is 13.5 Å². The van der Waals surface area contributed by atoms with Gasteiger partial charge in [-0.3, -0.25) is 9.59 Å². The minimum Gasteiger partial charge on any atom is -0.494 e. The van der Waals surface area contributed by atoms with Gasteiger partial charge in [0, 0.05) is 18.9 Å². The lowest BCUT2D eigenvalue weighted by Crippen LogP contribution is -2.27. The maximum Gasteiger partial charge on any atom is 0.276 e. The molecule has 0 saturated heterocycles. The van der Waals surface area contributed by atoms with Crippen LogP contribution in [0.2, 0.25) is 0 Å². The fraction of sp³-hybridized carbons (Fsp3) is 0.312. The van der Waals surface area contributed by atoms with Crippen molar-refractivity contribution < 1.29 is 14.3 Å². The van der Waals surface area contributed by atoms with Crippen LogP contribution in [0.3, 0.4) is 0 Å². The van der Waals surface area contributed by atoms with Crippen LogP contribution < -0.4 is 15.6 Å². The second kappa shape index (κ2) is 8.09. The number of rotatable bonds is 7. The van der Waals surface area contributed by atoms with Crippen LogP contribution in [0, 0.1) is 0 Å². The van der Waals surface area contributed by atoms with Crippen molar-refractivity contribution in [3.8, 4) is 5.75 Å². The average Bonchev–Trinajstić information content (AvgIpc) is 2.56. The van der Waals surface area contributed by atoms with Gasteiger partial charge in [-0.1, -0.05) is 0 Å². The molecule has 2 aromatic rings. The molecule has 1 heterocycles. The molecular formula is C16H19N3O4. The van der Waals surface area contributed by atoms with E-state index in [1.165, 1.54) is 23.9 Å². The van der Waals surface area contributed by atoms with E-state index in [0.29, 0.717) is 25.4 Å². The molecular weight excluding hydrogens is 298 g/mol. The molecule has 0 fully saturated rings. The van der Waals surface area contributed by atoms with Gasteiger partial charge in [0.05, 0.1) is 19.8 Å². The number of nitrogens with one attached hydrogen (secondary N) is 1. The van der Waals surface area contributed by atoms with Gasteiger partial charge in [-0.15, -0.1) is 0 Å². The van der Waals surface area contributed by atoms with Gasteiger partial charge < -0.3 is 14.8 Å². The lowest BCUT2D eigenvalue weighted by Gasteiger charge is -2.08. The number of benzene rings is 1. The smallest absolute Gasteiger partial charge is 0.276 e.